The van der Waals surface area contributed by atoms with Crippen LogP contribution in [0.25, 0.3) is 0 Å². The van der Waals surface area contributed by atoms with Gasteiger partial charge in [-0.15, -0.1) is 0 Å². The summed E-state index contributed by atoms with van der Waals surface area (Å²) in [5.74, 6) is 2.01. The zero-order valence-electron chi connectivity index (χ0n) is 13.1. The molecule has 0 N–H and O–H groups in total. The monoisotopic (exact) mass is 313 g/mol. The molecule has 0 unspecified atom stereocenters. The quantitative estimate of drug-likeness (QED) is 0.862. The van der Waals surface area contributed by atoms with Crippen LogP contribution in [0.5, 0.6) is 0 Å². The number of carbonyl (C=O) groups excluding carboxylic acids is 1. The summed E-state index contributed by atoms with van der Waals surface area (Å²) in [6.45, 7) is 3.18. The molecule has 2 aromatic heterocycles. The number of rotatable bonds is 3. The highest BCUT2D eigenvalue weighted by Gasteiger charge is 2.33. The first kappa shape index (κ1) is 14.3. The maximum absolute atomic E-state index is 12.6. The molecule has 1 saturated carbocycles. The minimum atomic E-state index is -0.0795. The second-order valence-corrected chi connectivity index (χ2v) is 6.40. The average molecular weight is 313 g/mol. The van der Waals surface area contributed by atoms with Crippen LogP contribution in [0.1, 0.15) is 65.4 Å². The van der Waals surface area contributed by atoms with Crippen LogP contribution in [-0.2, 0) is 0 Å². The summed E-state index contributed by atoms with van der Waals surface area (Å²) in [7, 11) is 0. The topological polar surface area (TPSA) is 85.0 Å². The van der Waals surface area contributed by atoms with Crippen molar-refractivity contribution in [3.63, 3.8) is 0 Å². The third-order valence-electron chi connectivity index (χ3n) is 4.46. The van der Waals surface area contributed by atoms with Crippen LogP contribution in [0.3, 0.4) is 0 Å². The third-order valence-corrected chi connectivity index (χ3v) is 4.46. The van der Waals surface area contributed by atoms with Crippen LogP contribution < -0.4 is 0 Å². The van der Waals surface area contributed by atoms with Crippen molar-refractivity contribution in [1.29, 1.82) is 0 Å². The van der Waals surface area contributed by atoms with Gasteiger partial charge < -0.3 is 9.42 Å². The van der Waals surface area contributed by atoms with Gasteiger partial charge in [-0.25, -0.2) is 4.98 Å². The SMILES string of the molecule is Cc1cnc(C(=O)N2CCC[C@H](c3nc(C4CC4)no3)C2)cn1. The first-order chi connectivity index (χ1) is 11.2. The molecule has 1 aliphatic heterocycles. The molecule has 0 bridgehead atoms. The van der Waals surface area contributed by atoms with E-state index in [4.69, 9.17) is 4.52 Å². The molecule has 1 saturated heterocycles. The molecule has 0 aromatic carbocycles. The van der Waals surface area contributed by atoms with Crippen molar-refractivity contribution in [2.75, 3.05) is 13.1 Å². The molecule has 4 rings (SSSR count). The van der Waals surface area contributed by atoms with E-state index >= 15 is 0 Å². The summed E-state index contributed by atoms with van der Waals surface area (Å²) in [4.78, 5) is 27.2. The Labute approximate surface area is 134 Å². The number of carbonyl (C=O) groups is 1. The van der Waals surface area contributed by atoms with Crippen LogP contribution in [0.4, 0.5) is 0 Å². The zero-order valence-corrected chi connectivity index (χ0v) is 13.1. The molecule has 1 atom stereocenters. The molecule has 23 heavy (non-hydrogen) atoms. The number of likely N-dealkylation sites (tertiary alicyclic amines) is 1. The Hall–Kier alpha value is -2.31. The van der Waals surface area contributed by atoms with Crippen LogP contribution in [-0.4, -0.2) is 44.0 Å². The fourth-order valence-electron chi connectivity index (χ4n) is 2.95. The number of aryl methyl sites for hydroxylation is 1. The minimum Gasteiger partial charge on any atom is -0.339 e. The average Bonchev–Trinajstić information content (AvgIpc) is 3.32. The van der Waals surface area contributed by atoms with Crippen molar-refractivity contribution in [2.24, 2.45) is 0 Å². The number of nitrogens with zero attached hydrogens (tertiary/aromatic N) is 5. The lowest BCUT2D eigenvalue weighted by molar-refractivity contribution is 0.0689. The van der Waals surface area contributed by atoms with Gasteiger partial charge >= 0.3 is 0 Å². The molecule has 2 fully saturated rings. The molecule has 2 aromatic rings. The van der Waals surface area contributed by atoms with E-state index in [2.05, 4.69) is 20.1 Å². The lowest BCUT2D eigenvalue weighted by Crippen LogP contribution is -2.39. The highest BCUT2D eigenvalue weighted by molar-refractivity contribution is 5.92. The second kappa shape index (κ2) is 5.72. The standard InChI is InChI=1S/C16H19N5O2/c1-10-7-18-13(8-17-10)16(22)21-6-2-3-12(9-21)15-19-14(20-23-15)11-4-5-11/h7-8,11-12H,2-6,9H2,1H3/t12-/m0/s1. The maximum Gasteiger partial charge on any atom is 0.274 e. The highest BCUT2D eigenvalue weighted by atomic mass is 16.5. The van der Waals surface area contributed by atoms with Gasteiger partial charge in [0.25, 0.3) is 5.91 Å². The summed E-state index contributed by atoms with van der Waals surface area (Å²) in [6, 6.07) is 0. The largest absolute Gasteiger partial charge is 0.339 e. The Morgan fingerprint density at radius 1 is 1.22 bits per heavy atom. The number of aromatic nitrogens is 4. The van der Waals surface area contributed by atoms with Gasteiger partial charge in [-0.2, -0.15) is 4.98 Å². The molecule has 120 valence electrons. The van der Waals surface area contributed by atoms with Crippen molar-refractivity contribution in [2.45, 2.75) is 44.4 Å². The van der Waals surface area contributed by atoms with Crippen LogP contribution in [0.2, 0.25) is 0 Å². The molecule has 7 heteroatoms. The fraction of sp³-hybridized carbons (Fsp3) is 0.562. The molecular formula is C16H19N5O2. The van der Waals surface area contributed by atoms with Crippen molar-refractivity contribution in [3.8, 4) is 0 Å². The summed E-state index contributed by atoms with van der Waals surface area (Å²) >= 11 is 0. The van der Waals surface area contributed by atoms with E-state index in [0.717, 1.165) is 43.7 Å². The molecule has 0 spiro atoms. The molecule has 3 heterocycles. The van der Waals surface area contributed by atoms with E-state index < -0.39 is 0 Å². The second-order valence-electron chi connectivity index (χ2n) is 6.40. The predicted octanol–water partition coefficient (Wildman–Crippen LogP) is 2.07. The smallest absolute Gasteiger partial charge is 0.274 e. The van der Waals surface area contributed by atoms with Crippen molar-refractivity contribution in [3.05, 3.63) is 35.5 Å². The minimum absolute atomic E-state index is 0.0795. The van der Waals surface area contributed by atoms with E-state index in [1.54, 1.807) is 12.4 Å². The van der Waals surface area contributed by atoms with Gasteiger partial charge in [-0.1, -0.05) is 5.16 Å². The summed E-state index contributed by atoms with van der Waals surface area (Å²) in [5, 5.41) is 4.08. The van der Waals surface area contributed by atoms with Crippen LogP contribution in [0.15, 0.2) is 16.9 Å². The molecule has 7 nitrogen and oxygen atoms in total. The summed E-state index contributed by atoms with van der Waals surface area (Å²) in [5.41, 5.74) is 1.19. The normalized spacial score (nSPS) is 21.4. The Morgan fingerprint density at radius 2 is 2.09 bits per heavy atom. The van der Waals surface area contributed by atoms with Gasteiger partial charge in [0.2, 0.25) is 5.89 Å². The predicted molar refractivity (Wildman–Crippen MR) is 80.9 cm³/mol. The Balaban J connectivity index is 1.47. The van der Waals surface area contributed by atoms with Crippen LogP contribution >= 0.6 is 0 Å². The van der Waals surface area contributed by atoms with E-state index in [9.17, 15) is 4.79 Å². The van der Waals surface area contributed by atoms with Crippen LogP contribution in [0, 0.1) is 6.92 Å². The molecule has 1 aliphatic carbocycles. The van der Waals surface area contributed by atoms with Crippen molar-refractivity contribution >= 4 is 5.91 Å². The number of hydrogen-bond donors (Lipinski definition) is 0. The molecule has 0 radical (unpaired) electrons. The first-order valence-electron chi connectivity index (χ1n) is 8.12. The van der Waals surface area contributed by atoms with Gasteiger partial charge in [-0.3, -0.25) is 9.78 Å². The van der Waals surface area contributed by atoms with E-state index in [-0.39, 0.29) is 11.8 Å². The van der Waals surface area contributed by atoms with Crippen molar-refractivity contribution in [1.82, 2.24) is 25.0 Å². The van der Waals surface area contributed by atoms with Gasteiger partial charge in [0, 0.05) is 25.2 Å². The van der Waals surface area contributed by atoms with E-state index in [0.29, 0.717) is 24.0 Å². The summed E-state index contributed by atoms with van der Waals surface area (Å²) in [6.07, 6.45) is 7.36. The van der Waals surface area contributed by atoms with Gasteiger partial charge in [0.05, 0.1) is 17.8 Å². The van der Waals surface area contributed by atoms with E-state index in [1.807, 2.05) is 11.8 Å². The molecule has 2 aliphatic rings. The van der Waals surface area contributed by atoms with Crippen molar-refractivity contribution < 1.29 is 9.32 Å². The number of piperidine rings is 1. The van der Waals surface area contributed by atoms with Gasteiger partial charge in [-0.05, 0) is 32.6 Å². The molecule has 1 amide bonds. The Morgan fingerprint density at radius 3 is 2.83 bits per heavy atom. The van der Waals surface area contributed by atoms with E-state index in [1.165, 1.54) is 0 Å². The zero-order chi connectivity index (χ0) is 15.8. The van der Waals surface area contributed by atoms with Gasteiger partial charge in [0.15, 0.2) is 5.82 Å². The Kier molecular flexibility index (Phi) is 3.55. The lowest BCUT2D eigenvalue weighted by atomic mass is 9.97. The maximum atomic E-state index is 12.6. The molecular weight excluding hydrogens is 294 g/mol. The summed E-state index contributed by atoms with van der Waals surface area (Å²) < 4.78 is 5.43. The highest BCUT2D eigenvalue weighted by Crippen LogP contribution is 2.39. The fourth-order valence-corrected chi connectivity index (χ4v) is 2.95. The number of hydrogen-bond acceptors (Lipinski definition) is 6. The van der Waals surface area contributed by atoms with Gasteiger partial charge in [0.1, 0.15) is 5.69 Å². The third kappa shape index (κ3) is 2.95. The number of amides is 1. The lowest BCUT2D eigenvalue weighted by Gasteiger charge is -2.30. The Bertz CT molecular complexity index is 708. The first-order valence-corrected chi connectivity index (χ1v) is 8.12.